The summed E-state index contributed by atoms with van der Waals surface area (Å²) in [6.07, 6.45) is 2.18. The minimum absolute atomic E-state index is 0.0451. The number of nitrogens with zero attached hydrogens (tertiary/aromatic N) is 2. The molecule has 2 aromatic rings. The van der Waals surface area contributed by atoms with Crippen molar-refractivity contribution < 1.29 is 22.7 Å². The van der Waals surface area contributed by atoms with Gasteiger partial charge < -0.3 is 15.0 Å². The Labute approximate surface area is 202 Å². The first-order chi connectivity index (χ1) is 16.1. The topological polar surface area (TPSA) is 96.0 Å². The number of carbonyl (C=O) groups excluding carboxylic acids is 2. The summed E-state index contributed by atoms with van der Waals surface area (Å²) in [5.41, 5.74) is 1.10. The Morgan fingerprint density at radius 3 is 2.18 bits per heavy atom. The third-order valence-electron chi connectivity index (χ3n) is 5.62. The van der Waals surface area contributed by atoms with Crippen LogP contribution >= 0.6 is 0 Å². The second-order valence-corrected chi connectivity index (χ2v) is 10.1. The van der Waals surface area contributed by atoms with Crippen LogP contribution in [-0.4, -0.2) is 57.1 Å². The number of methoxy groups -OCH3 is 1. The number of ether oxygens (including phenoxy) is 1. The molecule has 0 unspecified atom stereocenters. The highest BCUT2D eigenvalue weighted by Crippen LogP contribution is 2.29. The van der Waals surface area contributed by atoms with E-state index in [9.17, 15) is 18.0 Å². The minimum atomic E-state index is -3.82. The Bertz CT molecular complexity index is 1060. The number of hydrogen-bond donors (Lipinski definition) is 1. The number of nitrogens with one attached hydrogen (secondary N) is 1. The number of rotatable bonds is 12. The zero-order chi connectivity index (χ0) is 25.3. The van der Waals surface area contributed by atoms with Crippen molar-refractivity contribution >= 4 is 27.5 Å². The van der Waals surface area contributed by atoms with E-state index in [0.717, 1.165) is 22.5 Å². The third-order valence-corrected chi connectivity index (χ3v) is 6.74. The molecule has 0 fully saturated rings. The van der Waals surface area contributed by atoms with Crippen LogP contribution in [0, 0.1) is 0 Å². The molecule has 0 radical (unpaired) electrons. The van der Waals surface area contributed by atoms with Gasteiger partial charge in [0.1, 0.15) is 18.3 Å². The van der Waals surface area contributed by atoms with Crippen molar-refractivity contribution in [1.29, 1.82) is 0 Å². The van der Waals surface area contributed by atoms with Gasteiger partial charge in [0.05, 0.1) is 19.1 Å². The van der Waals surface area contributed by atoms with Crippen molar-refractivity contribution in [2.24, 2.45) is 0 Å². The fourth-order valence-electron chi connectivity index (χ4n) is 3.57. The Morgan fingerprint density at radius 1 is 1.00 bits per heavy atom. The van der Waals surface area contributed by atoms with Crippen molar-refractivity contribution in [1.82, 2.24) is 10.2 Å². The molecule has 0 saturated carbocycles. The minimum Gasteiger partial charge on any atom is -0.495 e. The van der Waals surface area contributed by atoms with Crippen LogP contribution < -0.4 is 14.4 Å². The van der Waals surface area contributed by atoms with Crippen molar-refractivity contribution in [2.45, 2.75) is 52.2 Å². The molecule has 0 aromatic heterocycles. The highest BCUT2D eigenvalue weighted by Gasteiger charge is 2.32. The summed E-state index contributed by atoms with van der Waals surface area (Å²) in [7, 11) is -2.38. The van der Waals surface area contributed by atoms with Crippen LogP contribution in [0.4, 0.5) is 5.69 Å². The maximum Gasteiger partial charge on any atom is 0.244 e. The van der Waals surface area contributed by atoms with E-state index in [-0.39, 0.29) is 24.2 Å². The molecule has 2 rings (SSSR count). The molecule has 2 amide bonds. The number of sulfonamides is 1. The zero-order valence-corrected chi connectivity index (χ0v) is 21.3. The van der Waals surface area contributed by atoms with Gasteiger partial charge in [0.2, 0.25) is 21.8 Å². The highest BCUT2D eigenvalue weighted by molar-refractivity contribution is 7.92. The smallest absolute Gasteiger partial charge is 0.244 e. The summed E-state index contributed by atoms with van der Waals surface area (Å²) >= 11 is 0. The largest absolute Gasteiger partial charge is 0.495 e. The quantitative estimate of drug-likeness (QED) is 0.494. The van der Waals surface area contributed by atoms with Gasteiger partial charge in [-0.05, 0) is 37.5 Å². The van der Waals surface area contributed by atoms with Crippen molar-refractivity contribution in [3.8, 4) is 5.75 Å². The number of carbonyl (C=O) groups is 2. The van der Waals surface area contributed by atoms with E-state index in [1.54, 1.807) is 24.3 Å². The van der Waals surface area contributed by atoms with Gasteiger partial charge >= 0.3 is 0 Å². The van der Waals surface area contributed by atoms with Gasteiger partial charge in [-0.3, -0.25) is 13.9 Å². The molecule has 186 valence electrons. The molecule has 0 spiro atoms. The molecule has 2 aromatic carbocycles. The molecule has 34 heavy (non-hydrogen) atoms. The molecule has 0 aliphatic rings. The molecule has 0 saturated heterocycles. The van der Waals surface area contributed by atoms with E-state index < -0.39 is 28.5 Å². The van der Waals surface area contributed by atoms with E-state index in [0.29, 0.717) is 12.2 Å². The Balaban J connectivity index is 2.45. The van der Waals surface area contributed by atoms with E-state index in [4.69, 9.17) is 4.74 Å². The second kappa shape index (κ2) is 12.4. The van der Waals surface area contributed by atoms with Gasteiger partial charge in [0.15, 0.2) is 0 Å². The van der Waals surface area contributed by atoms with Gasteiger partial charge in [0, 0.05) is 12.6 Å². The molecule has 0 aliphatic heterocycles. The first kappa shape index (κ1) is 27.2. The monoisotopic (exact) mass is 489 g/mol. The van der Waals surface area contributed by atoms with Crippen molar-refractivity contribution in [2.75, 3.05) is 24.2 Å². The molecule has 0 aliphatic carbocycles. The van der Waals surface area contributed by atoms with Crippen LogP contribution in [0.2, 0.25) is 0 Å². The summed E-state index contributed by atoms with van der Waals surface area (Å²) in [4.78, 5) is 28.2. The van der Waals surface area contributed by atoms with E-state index >= 15 is 0 Å². The summed E-state index contributed by atoms with van der Waals surface area (Å²) in [6.45, 7) is 5.42. The fraction of sp³-hybridized carbons (Fsp3) is 0.440. The number of para-hydroxylation sites is 2. The lowest BCUT2D eigenvalue weighted by molar-refractivity contribution is -0.140. The lowest BCUT2D eigenvalue weighted by atomic mass is 10.1. The van der Waals surface area contributed by atoms with Crippen LogP contribution in [0.1, 0.15) is 39.2 Å². The average molecular weight is 490 g/mol. The summed E-state index contributed by atoms with van der Waals surface area (Å²) < 4.78 is 31.7. The average Bonchev–Trinajstić information content (AvgIpc) is 2.82. The van der Waals surface area contributed by atoms with Crippen molar-refractivity contribution in [3.63, 3.8) is 0 Å². The normalized spacial score (nSPS) is 13.0. The zero-order valence-electron chi connectivity index (χ0n) is 20.5. The van der Waals surface area contributed by atoms with Crippen LogP contribution in [0.15, 0.2) is 54.6 Å². The lowest BCUT2D eigenvalue weighted by Crippen LogP contribution is -2.53. The predicted molar refractivity (Wildman–Crippen MR) is 134 cm³/mol. The van der Waals surface area contributed by atoms with Crippen LogP contribution in [0.3, 0.4) is 0 Å². The molecule has 0 heterocycles. The van der Waals surface area contributed by atoms with Crippen LogP contribution in [0.5, 0.6) is 5.75 Å². The Kier molecular flexibility index (Phi) is 9.92. The Morgan fingerprint density at radius 2 is 1.62 bits per heavy atom. The fourth-order valence-corrected chi connectivity index (χ4v) is 4.42. The first-order valence-corrected chi connectivity index (χ1v) is 13.2. The van der Waals surface area contributed by atoms with Crippen LogP contribution in [-0.2, 0) is 26.2 Å². The molecule has 8 nitrogen and oxygen atoms in total. The molecule has 2 atom stereocenters. The molecule has 1 N–H and O–H groups in total. The van der Waals surface area contributed by atoms with Gasteiger partial charge in [-0.25, -0.2) is 8.42 Å². The SMILES string of the molecule is CC[C@@H](C)NC(=O)[C@@H](CC)N(Cc1ccccc1)C(=O)CN(c1ccccc1OC)S(C)(=O)=O. The maximum absolute atomic E-state index is 13.6. The number of benzene rings is 2. The lowest BCUT2D eigenvalue weighted by Gasteiger charge is -2.33. The Hall–Kier alpha value is -3.07. The van der Waals surface area contributed by atoms with Gasteiger partial charge in [0.25, 0.3) is 0 Å². The number of amides is 2. The number of anilines is 1. The van der Waals surface area contributed by atoms with Gasteiger partial charge in [-0.15, -0.1) is 0 Å². The van der Waals surface area contributed by atoms with E-state index in [1.165, 1.54) is 12.0 Å². The standard InChI is InChI=1S/C25H35N3O5S/c1-6-19(3)26-25(30)21(7-2)27(17-20-13-9-8-10-14-20)24(29)18-28(34(5,31)32)22-15-11-12-16-23(22)33-4/h8-16,19,21H,6-7,17-18H2,1-5H3,(H,26,30)/t19-,21-/m1/s1. The highest BCUT2D eigenvalue weighted by atomic mass is 32.2. The molecule has 0 bridgehead atoms. The second-order valence-electron chi connectivity index (χ2n) is 8.19. The molecular weight excluding hydrogens is 454 g/mol. The summed E-state index contributed by atoms with van der Waals surface area (Å²) in [5, 5.41) is 2.95. The first-order valence-electron chi connectivity index (χ1n) is 11.4. The summed E-state index contributed by atoms with van der Waals surface area (Å²) in [6, 6.07) is 15.1. The van der Waals surface area contributed by atoms with E-state index in [1.807, 2.05) is 51.1 Å². The predicted octanol–water partition coefficient (Wildman–Crippen LogP) is 3.18. The van der Waals surface area contributed by atoms with Crippen LogP contribution in [0.25, 0.3) is 0 Å². The third kappa shape index (κ3) is 7.21. The molecular formula is C25H35N3O5S. The van der Waals surface area contributed by atoms with Gasteiger partial charge in [-0.1, -0.05) is 56.3 Å². The summed E-state index contributed by atoms with van der Waals surface area (Å²) in [5.74, 6) is -0.410. The number of hydrogen-bond acceptors (Lipinski definition) is 5. The van der Waals surface area contributed by atoms with E-state index in [2.05, 4.69) is 5.32 Å². The maximum atomic E-state index is 13.6. The van der Waals surface area contributed by atoms with Gasteiger partial charge in [-0.2, -0.15) is 0 Å². The molecule has 9 heteroatoms. The van der Waals surface area contributed by atoms with Crippen molar-refractivity contribution in [3.05, 3.63) is 60.2 Å².